The Morgan fingerprint density at radius 3 is 2.70 bits per heavy atom. The van der Waals surface area contributed by atoms with Gasteiger partial charge in [0, 0.05) is 31.5 Å². The molecule has 5 nitrogen and oxygen atoms in total. The Labute approximate surface area is 163 Å². The molecule has 0 saturated carbocycles. The standard InChI is InChI=1S/C21H22ClNO4/c1-13-3-4-14(2)18(9-13)27-16-5-7-23(8-6-16)21(24)15-10-17(22)20-19(11-15)25-12-26-20/h3-4,9-11,16H,5-8,12H2,1-2H3. The summed E-state index contributed by atoms with van der Waals surface area (Å²) in [6.07, 6.45) is 1.73. The van der Waals surface area contributed by atoms with Gasteiger partial charge in [-0.1, -0.05) is 23.7 Å². The van der Waals surface area contributed by atoms with Crippen LogP contribution < -0.4 is 14.2 Å². The van der Waals surface area contributed by atoms with E-state index < -0.39 is 0 Å². The van der Waals surface area contributed by atoms with Gasteiger partial charge in [-0.05, 0) is 43.2 Å². The SMILES string of the molecule is Cc1ccc(C)c(OC2CCN(C(=O)c3cc(Cl)c4c(c3)OCO4)CC2)c1. The number of rotatable bonds is 3. The highest BCUT2D eigenvalue weighted by Gasteiger charge is 2.27. The Hall–Kier alpha value is -2.40. The molecule has 4 rings (SSSR count). The second-order valence-corrected chi connectivity index (χ2v) is 7.48. The van der Waals surface area contributed by atoms with Gasteiger partial charge >= 0.3 is 0 Å². The summed E-state index contributed by atoms with van der Waals surface area (Å²) in [5.74, 6) is 1.93. The predicted octanol–water partition coefficient (Wildman–Crippen LogP) is 4.37. The summed E-state index contributed by atoms with van der Waals surface area (Å²) < 4.78 is 16.9. The summed E-state index contributed by atoms with van der Waals surface area (Å²) in [7, 11) is 0. The minimum atomic E-state index is -0.0413. The number of likely N-dealkylation sites (tertiary alicyclic amines) is 1. The van der Waals surface area contributed by atoms with Crippen LogP contribution in [0.25, 0.3) is 0 Å². The average molecular weight is 388 g/mol. The van der Waals surface area contributed by atoms with Crippen LogP contribution in [-0.4, -0.2) is 36.8 Å². The molecule has 0 N–H and O–H groups in total. The van der Waals surface area contributed by atoms with E-state index in [2.05, 4.69) is 32.0 Å². The zero-order chi connectivity index (χ0) is 19.0. The van der Waals surface area contributed by atoms with Crippen LogP contribution in [0.15, 0.2) is 30.3 Å². The van der Waals surface area contributed by atoms with E-state index in [0.717, 1.165) is 24.2 Å². The fraction of sp³-hybridized carbons (Fsp3) is 0.381. The molecule has 0 bridgehead atoms. The lowest BCUT2D eigenvalue weighted by molar-refractivity contribution is 0.0594. The smallest absolute Gasteiger partial charge is 0.254 e. The average Bonchev–Trinajstić information content (AvgIpc) is 3.14. The molecule has 0 spiro atoms. The summed E-state index contributed by atoms with van der Waals surface area (Å²) >= 11 is 6.20. The molecule has 0 radical (unpaired) electrons. The van der Waals surface area contributed by atoms with Crippen molar-refractivity contribution in [1.29, 1.82) is 0 Å². The monoisotopic (exact) mass is 387 g/mol. The van der Waals surface area contributed by atoms with E-state index >= 15 is 0 Å². The Bertz CT molecular complexity index is 875. The van der Waals surface area contributed by atoms with E-state index in [4.69, 9.17) is 25.8 Å². The fourth-order valence-electron chi connectivity index (χ4n) is 3.46. The van der Waals surface area contributed by atoms with Gasteiger partial charge in [0.1, 0.15) is 11.9 Å². The van der Waals surface area contributed by atoms with Crippen molar-refractivity contribution in [1.82, 2.24) is 4.90 Å². The highest BCUT2D eigenvalue weighted by molar-refractivity contribution is 6.32. The maximum Gasteiger partial charge on any atom is 0.254 e. The van der Waals surface area contributed by atoms with Gasteiger partial charge in [0.25, 0.3) is 5.91 Å². The first-order chi connectivity index (χ1) is 13.0. The van der Waals surface area contributed by atoms with Gasteiger partial charge in [-0.15, -0.1) is 0 Å². The van der Waals surface area contributed by atoms with Crippen molar-refractivity contribution in [2.45, 2.75) is 32.8 Å². The molecule has 6 heteroatoms. The first-order valence-corrected chi connectivity index (χ1v) is 9.51. The van der Waals surface area contributed by atoms with E-state index in [1.807, 2.05) is 4.90 Å². The van der Waals surface area contributed by atoms with Crippen LogP contribution in [-0.2, 0) is 0 Å². The third-order valence-corrected chi connectivity index (χ3v) is 5.32. The largest absolute Gasteiger partial charge is 0.490 e. The van der Waals surface area contributed by atoms with Gasteiger partial charge in [-0.3, -0.25) is 4.79 Å². The summed E-state index contributed by atoms with van der Waals surface area (Å²) in [6, 6.07) is 9.58. The lowest BCUT2D eigenvalue weighted by Crippen LogP contribution is -2.41. The lowest BCUT2D eigenvalue weighted by Gasteiger charge is -2.32. The number of benzene rings is 2. The molecular weight excluding hydrogens is 366 g/mol. The van der Waals surface area contributed by atoms with Crippen molar-refractivity contribution in [3.63, 3.8) is 0 Å². The normalized spacial score (nSPS) is 16.5. The van der Waals surface area contributed by atoms with Crippen LogP contribution in [0.4, 0.5) is 0 Å². The number of piperidine rings is 1. The van der Waals surface area contributed by atoms with E-state index in [1.165, 1.54) is 5.56 Å². The number of amides is 1. The van der Waals surface area contributed by atoms with E-state index in [0.29, 0.717) is 35.2 Å². The van der Waals surface area contributed by atoms with E-state index in [-0.39, 0.29) is 18.8 Å². The molecule has 2 aromatic rings. The number of carbonyl (C=O) groups excluding carboxylic acids is 1. The van der Waals surface area contributed by atoms with Gasteiger partial charge in [0.05, 0.1) is 5.02 Å². The Morgan fingerprint density at radius 1 is 1.15 bits per heavy atom. The Morgan fingerprint density at radius 2 is 1.93 bits per heavy atom. The van der Waals surface area contributed by atoms with Crippen molar-refractivity contribution in [2.75, 3.05) is 19.9 Å². The van der Waals surface area contributed by atoms with Gasteiger partial charge in [-0.25, -0.2) is 0 Å². The molecule has 1 fully saturated rings. The molecule has 27 heavy (non-hydrogen) atoms. The molecule has 0 aliphatic carbocycles. The molecule has 2 aliphatic rings. The second kappa shape index (κ2) is 7.31. The van der Waals surface area contributed by atoms with Crippen molar-refractivity contribution in [3.05, 3.63) is 52.0 Å². The van der Waals surface area contributed by atoms with Crippen LogP contribution in [0.5, 0.6) is 17.2 Å². The predicted molar refractivity (Wildman–Crippen MR) is 103 cm³/mol. The van der Waals surface area contributed by atoms with Crippen LogP contribution in [0, 0.1) is 13.8 Å². The van der Waals surface area contributed by atoms with Crippen LogP contribution in [0.3, 0.4) is 0 Å². The van der Waals surface area contributed by atoms with E-state index in [1.54, 1.807) is 12.1 Å². The fourth-order valence-corrected chi connectivity index (χ4v) is 3.73. The minimum absolute atomic E-state index is 0.0413. The number of halogens is 1. The van der Waals surface area contributed by atoms with Gasteiger partial charge in [-0.2, -0.15) is 0 Å². The van der Waals surface area contributed by atoms with Crippen molar-refractivity contribution in [2.24, 2.45) is 0 Å². The number of fused-ring (bicyclic) bond motifs is 1. The van der Waals surface area contributed by atoms with Crippen molar-refractivity contribution >= 4 is 17.5 Å². The summed E-state index contributed by atoms with van der Waals surface area (Å²) in [4.78, 5) is 14.7. The molecule has 0 atom stereocenters. The molecule has 1 saturated heterocycles. The van der Waals surface area contributed by atoms with Gasteiger partial charge < -0.3 is 19.1 Å². The molecule has 0 aromatic heterocycles. The maximum atomic E-state index is 12.8. The number of hydrogen-bond acceptors (Lipinski definition) is 4. The van der Waals surface area contributed by atoms with Crippen molar-refractivity contribution in [3.8, 4) is 17.2 Å². The molecule has 0 unspecified atom stereocenters. The minimum Gasteiger partial charge on any atom is -0.490 e. The summed E-state index contributed by atoms with van der Waals surface area (Å²) in [5, 5.41) is 0.404. The molecule has 2 heterocycles. The van der Waals surface area contributed by atoms with Gasteiger partial charge in [0.2, 0.25) is 6.79 Å². The first kappa shape index (κ1) is 18.0. The maximum absolute atomic E-state index is 12.8. The Kier molecular flexibility index (Phi) is 4.87. The third kappa shape index (κ3) is 3.69. The topological polar surface area (TPSA) is 48.0 Å². The van der Waals surface area contributed by atoms with Crippen molar-refractivity contribution < 1.29 is 19.0 Å². The highest BCUT2D eigenvalue weighted by Crippen LogP contribution is 2.40. The number of hydrogen-bond donors (Lipinski definition) is 0. The molecule has 1 amide bonds. The molecule has 2 aromatic carbocycles. The zero-order valence-electron chi connectivity index (χ0n) is 15.5. The third-order valence-electron chi connectivity index (χ3n) is 5.04. The molecular formula is C21H22ClNO4. The quantitative estimate of drug-likeness (QED) is 0.784. The van der Waals surface area contributed by atoms with E-state index in [9.17, 15) is 4.79 Å². The number of nitrogens with zero attached hydrogens (tertiary/aromatic N) is 1. The number of carbonyl (C=O) groups is 1. The summed E-state index contributed by atoms with van der Waals surface area (Å²) in [6.45, 7) is 5.55. The number of aryl methyl sites for hydroxylation is 2. The van der Waals surface area contributed by atoms with Crippen LogP contribution in [0.2, 0.25) is 5.02 Å². The van der Waals surface area contributed by atoms with Crippen LogP contribution >= 0.6 is 11.6 Å². The Balaban J connectivity index is 1.40. The zero-order valence-corrected chi connectivity index (χ0v) is 16.2. The highest BCUT2D eigenvalue weighted by atomic mass is 35.5. The van der Waals surface area contributed by atoms with Crippen LogP contribution in [0.1, 0.15) is 34.3 Å². The van der Waals surface area contributed by atoms with Gasteiger partial charge in [0.15, 0.2) is 11.5 Å². The first-order valence-electron chi connectivity index (χ1n) is 9.13. The number of ether oxygens (including phenoxy) is 3. The molecule has 2 aliphatic heterocycles. The lowest BCUT2D eigenvalue weighted by atomic mass is 10.1. The summed E-state index contributed by atoms with van der Waals surface area (Å²) in [5.41, 5.74) is 2.84. The second-order valence-electron chi connectivity index (χ2n) is 7.07. The molecule has 142 valence electrons.